The summed E-state index contributed by atoms with van der Waals surface area (Å²) in [5.74, 6) is 0.813. The summed E-state index contributed by atoms with van der Waals surface area (Å²) in [5, 5.41) is 4.13. The van der Waals surface area contributed by atoms with Crippen LogP contribution in [0.3, 0.4) is 0 Å². The van der Waals surface area contributed by atoms with Crippen molar-refractivity contribution in [3.8, 4) is 28.1 Å². The molecule has 0 aliphatic carbocycles. The lowest BCUT2D eigenvalue weighted by molar-refractivity contribution is 0.302. The van der Waals surface area contributed by atoms with Gasteiger partial charge in [-0.1, -0.05) is 24.3 Å². The van der Waals surface area contributed by atoms with Gasteiger partial charge in [0.2, 0.25) is 0 Å². The predicted molar refractivity (Wildman–Crippen MR) is 133 cm³/mol. The number of aromatic nitrogens is 3. The maximum Gasteiger partial charge on any atom is 0.155 e. The first-order valence-corrected chi connectivity index (χ1v) is 11.5. The van der Waals surface area contributed by atoms with Gasteiger partial charge in [-0.3, -0.25) is 9.98 Å². The fourth-order valence-electron chi connectivity index (χ4n) is 3.81. The summed E-state index contributed by atoms with van der Waals surface area (Å²) in [4.78, 5) is 17.9. The zero-order chi connectivity index (χ0) is 22.6. The highest BCUT2D eigenvalue weighted by atomic mass is 32.1. The lowest BCUT2D eigenvalue weighted by Gasteiger charge is -2.08. The van der Waals surface area contributed by atoms with Gasteiger partial charge >= 0.3 is 0 Å². The predicted octanol–water partition coefficient (Wildman–Crippen LogP) is 5.84. The van der Waals surface area contributed by atoms with E-state index in [9.17, 15) is 0 Å². The molecule has 33 heavy (non-hydrogen) atoms. The molecule has 2 aromatic carbocycles. The van der Waals surface area contributed by atoms with Crippen LogP contribution < -0.4 is 10.2 Å². The number of nitrogens with zero attached hydrogens (tertiary/aromatic N) is 4. The third-order valence-electron chi connectivity index (χ3n) is 5.47. The van der Waals surface area contributed by atoms with E-state index in [4.69, 9.17) is 9.72 Å². The first-order chi connectivity index (χ1) is 16.2. The Morgan fingerprint density at radius 3 is 2.61 bits per heavy atom. The quantitative estimate of drug-likeness (QED) is 0.338. The van der Waals surface area contributed by atoms with Gasteiger partial charge in [0, 0.05) is 35.8 Å². The molecular weight excluding hydrogens is 428 g/mol. The molecule has 5 aromatic rings. The summed E-state index contributed by atoms with van der Waals surface area (Å²) >= 11 is 1.57. The molecule has 5 nitrogen and oxygen atoms in total. The molecule has 0 bridgehead atoms. The molecular formula is C27H22N4OS. The first kappa shape index (κ1) is 21.0. The van der Waals surface area contributed by atoms with Gasteiger partial charge in [-0.05, 0) is 65.4 Å². The lowest BCUT2D eigenvalue weighted by atomic mass is 10.0. The van der Waals surface area contributed by atoms with Crippen molar-refractivity contribution in [1.29, 1.82) is 0 Å². The fraction of sp³-hybridized carbons (Fsp3) is 0.111. The van der Waals surface area contributed by atoms with Crippen molar-refractivity contribution in [3.05, 3.63) is 101 Å². The van der Waals surface area contributed by atoms with Gasteiger partial charge in [0.15, 0.2) is 5.49 Å². The van der Waals surface area contributed by atoms with Crippen molar-refractivity contribution in [1.82, 2.24) is 15.0 Å². The molecule has 0 unspecified atom stereocenters. The summed E-state index contributed by atoms with van der Waals surface area (Å²) in [5.41, 5.74) is 8.58. The summed E-state index contributed by atoms with van der Waals surface area (Å²) in [7, 11) is 1.78. The summed E-state index contributed by atoms with van der Waals surface area (Å²) in [6, 6.07) is 20.6. The molecule has 0 saturated carbocycles. The van der Waals surface area contributed by atoms with Crippen LogP contribution in [0.1, 0.15) is 11.3 Å². The second-order valence-corrected chi connectivity index (χ2v) is 8.39. The third kappa shape index (κ3) is 4.52. The summed E-state index contributed by atoms with van der Waals surface area (Å²) in [6.07, 6.45) is 3.59. The molecule has 162 valence electrons. The van der Waals surface area contributed by atoms with Crippen LogP contribution in [0.15, 0.2) is 88.9 Å². The smallest absolute Gasteiger partial charge is 0.155 e. The standard InChI is InChI=1S/C27H22N4OS/c1-18-11-26(21-6-4-10-29-14-21)31-27(28-2)25-13-20(8-9-24(18)25)19-5-3-7-23(12-19)32-15-22-16-33-17-30-22/h3-14,16-17H,15H2,1-2H3. The van der Waals surface area contributed by atoms with E-state index in [2.05, 4.69) is 58.3 Å². The minimum atomic E-state index is 0.458. The van der Waals surface area contributed by atoms with Crippen LogP contribution in [0.25, 0.3) is 33.2 Å². The molecule has 0 atom stereocenters. The van der Waals surface area contributed by atoms with Crippen LogP contribution in [-0.4, -0.2) is 22.0 Å². The number of rotatable bonds is 5. The highest BCUT2D eigenvalue weighted by Crippen LogP contribution is 2.28. The van der Waals surface area contributed by atoms with E-state index in [1.807, 2.05) is 41.4 Å². The number of aryl methyl sites for hydroxylation is 1. The zero-order valence-corrected chi connectivity index (χ0v) is 19.2. The van der Waals surface area contributed by atoms with Crippen molar-refractivity contribution < 1.29 is 4.74 Å². The largest absolute Gasteiger partial charge is 0.487 e. The fourth-order valence-corrected chi connectivity index (χ4v) is 4.35. The maximum atomic E-state index is 5.95. The average molecular weight is 451 g/mol. The van der Waals surface area contributed by atoms with Gasteiger partial charge in [-0.2, -0.15) is 0 Å². The molecule has 0 aliphatic heterocycles. The molecule has 5 rings (SSSR count). The molecule has 0 N–H and O–H groups in total. The Bertz CT molecular complexity index is 1480. The van der Waals surface area contributed by atoms with Crippen LogP contribution in [0.5, 0.6) is 5.75 Å². The number of hydrogen-bond donors (Lipinski definition) is 0. The summed E-state index contributed by atoms with van der Waals surface area (Å²) in [6.45, 7) is 2.57. The molecule has 3 heterocycles. The number of pyridine rings is 1. The van der Waals surface area contributed by atoms with Crippen LogP contribution in [0, 0.1) is 6.92 Å². The van der Waals surface area contributed by atoms with Gasteiger partial charge < -0.3 is 4.74 Å². The molecule has 0 aliphatic rings. The maximum absolute atomic E-state index is 5.95. The highest BCUT2D eigenvalue weighted by molar-refractivity contribution is 7.07. The van der Waals surface area contributed by atoms with Crippen molar-refractivity contribution in [2.45, 2.75) is 13.5 Å². The SMILES string of the molecule is CN=c1nc(-c2cccnc2)cc(C)c2ccc(-c3cccc(OCc4cscn4)c3)cc12. The number of hydrogen-bond acceptors (Lipinski definition) is 6. The Labute approximate surface area is 196 Å². The van der Waals surface area contributed by atoms with Crippen LogP contribution in [0.2, 0.25) is 0 Å². The van der Waals surface area contributed by atoms with Crippen molar-refractivity contribution in [2.75, 3.05) is 7.05 Å². The van der Waals surface area contributed by atoms with E-state index < -0.39 is 0 Å². The Morgan fingerprint density at radius 2 is 1.82 bits per heavy atom. The zero-order valence-electron chi connectivity index (χ0n) is 18.4. The van der Waals surface area contributed by atoms with E-state index in [-0.39, 0.29) is 0 Å². The second kappa shape index (κ2) is 9.30. The normalized spacial score (nSPS) is 11.6. The number of benzene rings is 2. The number of ether oxygens (including phenoxy) is 1. The van der Waals surface area contributed by atoms with E-state index >= 15 is 0 Å². The Balaban J connectivity index is 1.58. The van der Waals surface area contributed by atoms with E-state index in [0.29, 0.717) is 12.1 Å². The number of thiazole rings is 1. The lowest BCUT2D eigenvalue weighted by Crippen LogP contribution is -2.06. The monoisotopic (exact) mass is 450 g/mol. The number of fused-ring (bicyclic) bond motifs is 1. The second-order valence-electron chi connectivity index (χ2n) is 7.67. The molecule has 0 spiro atoms. The molecule has 3 aromatic heterocycles. The van der Waals surface area contributed by atoms with Gasteiger partial charge in [-0.15, -0.1) is 11.3 Å². The average Bonchev–Trinajstić information content (AvgIpc) is 3.34. The van der Waals surface area contributed by atoms with Gasteiger partial charge in [0.05, 0.1) is 16.9 Å². The van der Waals surface area contributed by atoms with Gasteiger partial charge in [0.1, 0.15) is 12.4 Å². The first-order valence-electron chi connectivity index (χ1n) is 10.6. The van der Waals surface area contributed by atoms with Crippen LogP contribution in [0.4, 0.5) is 0 Å². The van der Waals surface area contributed by atoms with Crippen molar-refractivity contribution >= 4 is 22.1 Å². The molecule has 0 amide bonds. The molecule has 0 radical (unpaired) electrons. The Morgan fingerprint density at radius 1 is 0.939 bits per heavy atom. The van der Waals surface area contributed by atoms with Crippen molar-refractivity contribution in [2.24, 2.45) is 4.99 Å². The Kier molecular flexibility index (Phi) is 5.91. The van der Waals surface area contributed by atoms with Gasteiger partial charge in [-0.25, -0.2) is 9.97 Å². The topological polar surface area (TPSA) is 60.3 Å². The van der Waals surface area contributed by atoms with Crippen LogP contribution >= 0.6 is 11.3 Å². The Hall–Kier alpha value is -3.90. The highest BCUT2D eigenvalue weighted by Gasteiger charge is 2.08. The molecule has 0 fully saturated rings. The van der Waals surface area contributed by atoms with E-state index in [1.165, 1.54) is 0 Å². The van der Waals surface area contributed by atoms with E-state index in [0.717, 1.165) is 50.2 Å². The van der Waals surface area contributed by atoms with Crippen molar-refractivity contribution in [3.63, 3.8) is 0 Å². The molecule has 6 heteroatoms. The summed E-state index contributed by atoms with van der Waals surface area (Å²) < 4.78 is 5.95. The van der Waals surface area contributed by atoms with Crippen LogP contribution in [-0.2, 0) is 6.61 Å². The van der Waals surface area contributed by atoms with E-state index in [1.54, 1.807) is 24.6 Å². The molecule has 0 saturated heterocycles. The minimum Gasteiger partial charge on any atom is -0.487 e. The minimum absolute atomic E-state index is 0.458. The van der Waals surface area contributed by atoms with Gasteiger partial charge in [0.25, 0.3) is 0 Å². The third-order valence-corrected chi connectivity index (χ3v) is 6.11.